The van der Waals surface area contributed by atoms with Gasteiger partial charge in [0.2, 0.25) is 0 Å². The van der Waals surface area contributed by atoms with Crippen molar-refractivity contribution in [3.8, 4) is 66.8 Å². The summed E-state index contributed by atoms with van der Waals surface area (Å²) in [6.07, 6.45) is 0. The Morgan fingerprint density at radius 3 is 1.37 bits per heavy atom. The van der Waals surface area contributed by atoms with E-state index in [2.05, 4.69) is 306 Å². The number of rotatable bonds is 3. The largest absolute Gasteiger partial charge is 0.456 e. The minimum Gasteiger partial charge on any atom is -0.456 e. The fourth-order valence-corrected chi connectivity index (χ4v) is 19.6. The Morgan fingerprint density at radius 1 is 0.258 bits per heavy atom. The van der Waals surface area contributed by atoms with Gasteiger partial charge < -0.3 is 13.7 Å². The van der Waals surface area contributed by atoms with Crippen molar-refractivity contribution < 1.29 is 8.83 Å². The molecule has 2 aromatic heterocycles. The van der Waals surface area contributed by atoms with E-state index < -0.39 is 16.2 Å². The predicted molar refractivity (Wildman–Crippen MR) is 381 cm³/mol. The van der Waals surface area contributed by atoms with Gasteiger partial charge >= 0.3 is 0 Å². The van der Waals surface area contributed by atoms with E-state index in [1.54, 1.807) is 0 Å². The molecular weight excluding hydrogens is 1130 g/mol. The SMILES string of the molecule is CC1(C)c2cc(N(c3ccc4c(c3)C3(c5ccccc5-c5ccccc53)c3cc5c(cc3-4)C3(c4ccccc4-c4ccccc43)c3ccc4oc6ccccc6c4c3-5)c3ccc4ccccc4c3)ccc2-c2c1c1c(c3c2oc2ccccc23)-c2ccccc2C1(C)C. The Labute approximate surface area is 538 Å². The number of hydrogen-bond donors (Lipinski definition) is 0. The number of hydrogen-bond acceptors (Lipinski definition) is 3. The number of furan rings is 2. The van der Waals surface area contributed by atoms with Gasteiger partial charge in [0.15, 0.2) is 0 Å². The number of anilines is 3. The molecule has 16 aromatic rings. The van der Waals surface area contributed by atoms with Crippen LogP contribution in [0.2, 0.25) is 0 Å². The lowest BCUT2D eigenvalue weighted by atomic mass is 9.68. The molecule has 0 amide bonds. The topological polar surface area (TPSA) is 29.5 Å². The second kappa shape index (κ2) is 17.0. The van der Waals surface area contributed by atoms with Crippen LogP contribution in [-0.2, 0) is 21.7 Å². The number of benzene rings is 14. The maximum atomic E-state index is 7.20. The van der Waals surface area contributed by atoms with E-state index in [4.69, 9.17) is 8.83 Å². The zero-order chi connectivity index (χ0) is 61.2. The van der Waals surface area contributed by atoms with Crippen LogP contribution in [0.5, 0.6) is 0 Å². The molecule has 2 heterocycles. The maximum Gasteiger partial charge on any atom is 0.144 e. The molecule has 93 heavy (non-hydrogen) atoms. The van der Waals surface area contributed by atoms with Crippen molar-refractivity contribution in [1.29, 1.82) is 0 Å². The van der Waals surface area contributed by atoms with Crippen LogP contribution in [0.1, 0.15) is 94.5 Å². The Hall–Kier alpha value is -11.3. The van der Waals surface area contributed by atoms with Gasteiger partial charge in [-0.1, -0.05) is 234 Å². The first-order valence-electron chi connectivity index (χ1n) is 32.9. The summed E-state index contributed by atoms with van der Waals surface area (Å²) in [5.41, 5.74) is 36.3. The molecule has 3 heteroatoms. The van der Waals surface area contributed by atoms with Crippen LogP contribution < -0.4 is 4.90 Å². The summed E-state index contributed by atoms with van der Waals surface area (Å²) in [6, 6.07) is 104. The average Bonchev–Trinajstić information content (AvgIpc) is 1.50. The highest BCUT2D eigenvalue weighted by Crippen LogP contribution is 2.70. The summed E-state index contributed by atoms with van der Waals surface area (Å²) >= 11 is 0. The molecule has 22 rings (SSSR count). The van der Waals surface area contributed by atoms with Crippen LogP contribution in [0.4, 0.5) is 17.1 Å². The highest BCUT2D eigenvalue weighted by Gasteiger charge is 2.57. The second-order valence-corrected chi connectivity index (χ2v) is 28.0. The van der Waals surface area contributed by atoms with Crippen molar-refractivity contribution in [1.82, 2.24) is 0 Å². The third kappa shape index (κ3) is 5.84. The highest BCUT2D eigenvalue weighted by molar-refractivity contribution is 6.21. The van der Waals surface area contributed by atoms with E-state index >= 15 is 0 Å². The summed E-state index contributed by atoms with van der Waals surface area (Å²) in [5.74, 6) is 0. The van der Waals surface area contributed by atoms with Gasteiger partial charge in [-0.05, 0) is 205 Å². The van der Waals surface area contributed by atoms with E-state index in [9.17, 15) is 0 Å². The normalized spacial score (nSPS) is 15.7. The van der Waals surface area contributed by atoms with Gasteiger partial charge in [0.25, 0.3) is 0 Å². The Kier molecular flexibility index (Phi) is 9.23. The maximum absolute atomic E-state index is 7.20. The van der Waals surface area contributed by atoms with Crippen LogP contribution in [-0.4, -0.2) is 0 Å². The zero-order valence-electron chi connectivity index (χ0n) is 51.7. The molecule has 0 bridgehead atoms. The van der Waals surface area contributed by atoms with Crippen LogP contribution in [0, 0.1) is 0 Å². The molecular formula is C90H57NO2. The van der Waals surface area contributed by atoms with Crippen LogP contribution in [0.15, 0.2) is 282 Å². The molecule has 0 atom stereocenters. The van der Waals surface area contributed by atoms with Crippen molar-refractivity contribution in [2.75, 3.05) is 4.90 Å². The predicted octanol–water partition coefficient (Wildman–Crippen LogP) is 23.4. The van der Waals surface area contributed by atoms with E-state index in [1.807, 2.05) is 0 Å². The van der Waals surface area contributed by atoms with E-state index in [0.29, 0.717) is 0 Å². The summed E-state index contributed by atoms with van der Waals surface area (Å²) in [4.78, 5) is 2.55. The minimum absolute atomic E-state index is 0.257. The van der Waals surface area contributed by atoms with Crippen molar-refractivity contribution in [2.45, 2.75) is 49.4 Å². The van der Waals surface area contributed by atoms with E-state index in [-0.39, 0.29) is 5.41 Å². The van der Waals surface area contributed by atoms with Gasteiger partial charge in [0.1, 0.15) is 22.3 Å². The molecule has 0 saturated carbocycles. The van der Waals surface area contributed by atoms with Crippen molar-refractivity contribution in [3.05, 3.63) is 340 Å². The molecule has 2 spiro atoms. The van der Waals surface area contributed by atoms with Gasteiger partial charge in [-0.25, -0.2) is 0 Å². The van der Waals surface area contributed by atoms with Gasteiger partial charge in [-0.2, -0.15) is 0 Å². The third-order valence-electron chi connectivity index (χ3n) is 23.2. The summed E-state index contributed by atoms with van der Waals surface area (Å²) in [6.45, 7) is 9.80. The van der Waals surface area contributed by atoms with E-state index in [1.165, 1.54) is 160 Å². The van der Waals surface area contributed by atoms with Gasteiger partial charge in [-0.15, -0.1) is 0 Å². The van der Waals surface area contributed by atoms with Gasteiger partial charge in [0.05, 0.1) is 10.8 Å². The van der Waals surface area contributed by atoms with Crippen LogP contribution in [0.25, 0.3) is 121 Å². The Balaban J connectivity index is 0.819. The monoisotopic (exact) mass is 1180 g/mol. The van der Waals surface area contributed by atoms with Gasteiger partial charge in [0, 0.05) is 55.0 Å². The van der Waals surface area contributed by atoms with E-state index in [0.717, 1.165) is 44.8 Å². The number of para-hydroxylation sites is 2. The number of fused-ring (bicyclic) bond motifs is 37. The molecule has 14 aromatic carbocycles. The highest BCUT2D eigenvalue weighted by atomic mass is 16.3. The fourth-order valence-electron chi connectivity index (χ4n) is 19.6. The molecule has 0 saturated heterocycles. The minimum atomic E-state index is -0.685. The summed E-state index contributed by atoms with van der Waals surface area (Å²) in [5, 5.41) is 7.11. The van der Waals surface area contributed by atoms with Crippen molar-refractivity contribution >= 4 is 71.7 Å². The molecule has 3 nitrogen and oxygen atoms in total. The third-order valence-corrected chi connectivity index (χ3v) is 23.2. The van der Waals surface area contributed by atoms with Gasteiger partial charge in [-0.3, -0.25) is 0 Å². The van der Waals surface area contributed by atoms with Crippen molar-refractivity contribution in [2.24, 2.45) is 0 Å². The summed E-state index contributed by atoms with van der Waals surface area (Å²) in [7, 11) is 0. The molecule has 0 fully saturated rings. The first-order valence-corrected chi connectivity index (χ1v) is 32.9. The second-order valence-electron chi connectivity index (χ2n) is 28.0. The standard InChI is InChI=1S/C90H57NO2/c1-87(2)66-30-14-11-27-60(66)81-82-63-29-13-20-36-77(63)93-86(82)83-61-42-40-53(46-72(61)88(3,4)85(83)84(81)87)91(52-38-37-50-21-5-6-22-51(50)45-52)54-39-41-59-64-48-75-65(49-74(64)90(73(59)47-54)69-33-17-9-25-57(69)58-26-10-18-34-70(58)90)79-71(43-44-78-80(79)62-28-12-19-35-76(62)92-78)89(75)67-31-15-7-23-55(67)56-24-8-16-32-68(56)89/h5-49H,1-4H3. The lowest BCUT2D eigenvalue weighted by Gasteiger charge is -2.33. The quantitative estimate of drug-likeness (QED) is 0.177. The fraction of sp³-hybridized carbons (Fsp3) is 0.0889. The molecule has 0 unspecified atom stereocenters. The van der Waals surface area contributed by atoms with Crippen LogP contribution in [0.3, 0.4) is 0 Å². The first-order chi connectivity index (χ1) is 45.6. The lowest BCUT2D eigenvalue weighted by molar-refractivity contribution is 0.600. The smallest absolute Gasteiger partial charge is 0.144 e. The Morgan fingerprint density at radius 2 is 0.699 bits per heavy atom. The molecule has 0 N–H and O–H groups in total. The first kappa shape index (κ1) is 50.5. The average molecular weight is 1180 g/mol. The summed E-state index contributed by atoms with van der Waals surface area (Å²) < 4.78 is 14.0. The van der Waals surface area contributed by atoms with Crippen molar-refractivity contribution in [3.63, 3.8) is 0 Å². The van der Waals surface area contributed by atoms with Crippen LogP contribution >= 0.6 is 0 Å². The Bertz CT molecular complexity index is 6070. The molecule has 434 valence electrons. The molecule has 6 aliphatic rings. The molecule has 6 aliphatic carbocycles. The number of nitrogens with zero attached hydrogens (tertiary/aromatic N) is 1. The molecule has 0 aliphatic heterocycles. The zero-order valence-corrected chi connectivity index (χ0v) is 51.7. The molecule has 0 radical (unpaired) electrons. The lowest BCUT2D eigenvalue weighted by Crippen LogP contribution is -2.27.